The summed E-state index contributed by atoms with van der Waals surface area (Å²) in [4.78, 5) is 5.65. The van der Waals surface area contributed by atoms with Crippen LogP contribution in [0.4, 0.5) is 15.9 Å². The number of nitrogens with zero attached hydrogens (tertiary/aromatic N) is 3. The summed E-state index contributed by atoms with van der Waals surface area (Å²) in [7, 11) is 1.71. The molecule has 2 aromatic rings. The number of benzene rings is 1. The molecule has 1 aromatic carbocycles. The molecule has 0 spiro atoms. The van der Waals surface area contributed by atoms with E-state index in [4.69, 9.17) is 10.9 Å². The van der Waals surface area contributed by atoms with Crippen LogP contribution >= 0.6 is 15.9 Å². The molecule has 5 nitrogen and oxygen atoms in total. The van der Waals surface area contributed by atoms with E-state index in [1.807, 2.05) is 0 Å². The molecule has 104 valence electrons. The Balaban J connectivity index is 2.31. The number of halogens is 2. The molecule has 0 atom stereocenters. The van der Waals surface area contributed by atoms with Gasteiger partial charge in [0, 0.05) is 29.0 Å². The second-order valence-corrected chi connectivity index (χ2v) is 4.97. The van der Waals surface area contributed by atoms with Gasteiger partial charge in [0.1, 0.15) is 0 Å². The zero-order valence-corrected chi connectivity index (χ0v) is 12.2. The molecule has 0 bridgehead atoms. The summed E-state index contributed by atoms with van der Waals surface area (Å²) in [5.74, 6) is -0.195. The predicted molar refractivity (Wildman–Crippen MR) is 78.9 cm³/mol. The van der Waals surface area contributed by atoms with Crippen molar-refractivity contribution in [3.63, 3.8) is 0 Å². The van der Waals surface area contributed by atoms with Crippen LogP contribution in [0.1, 0.15) is 5.56 Å². The van der Waals surface area contributed by atoms with E-state index < -0.39 is 5.82 Å². The number of hydrogen-bond donors (Lipinski definition) is 2. The molecule has 0 fully saturated rings. The van der Waals surface area contributed by atoms with Gasteiger partial charge >= 0.3 is 0 Å². The van der Waals surface area contributed by atoms with Crippen molar-refractivity contribution < 1.29 is 9.60 Å². The fraction of sp³-hybridized carbons (Fsp3) is 0.0769. The molecule has 0 aliphatic carbocycles. The summed E-state index contributed by atoms with van der Waals surface area (Å²) >= 11 is 3.16. The van der Waals surface area contributed by atoms with Gasteiger partial charge in [-0.15, -0.1) is 0 Å². The largest absolute Gasteiger partial charge is 0.409 e. The third-order valence-electron chi connectivity index (χ3n) is 2.76. The number of pyridine rings is 1. The van der Waals surface area contributed by atoms with Crippen molar-refractivity contribution in [3.05, 3.63) is 52.4 Å². The minimum atomic E-state index is -0.428. The Hall–Kier alpha value is -2.15. The highest BCUT2D eigenvalue weighted by Crippen LogP contribution is 2.25. The quantitative estimate of drug-likeness (QED) is 0.390. The lowest BCUT2D eigenvalue weighted by Gasteiger charge is -2.19. The van der Waals surface area contributed by atoms with Crippen LogP contribution in [0.3, 0.4) is 0 Å². The molecule has 20 heavy (non-hydrogen) atoms. The normalized spacial score (nSPS) is 11.4. The predicted octanol–water partition coefficient (Wildman–Crippen LogP) is 2.85. The molecule has 0 unspecified atom stereocenters. The van der Waals surface area contributed by atoms with Crippen molar-refractivity contribution >= 4 is 33.3 Å². The van der Waals surface area contributed by atoms with Crippen LogP contribution in [-0.2, 0) is 0 Å². The lowest BCUT2D eigenvalue weighted by atomic mass is 10.2. The van der Waals surface area contributed by atoms with Crippen molar-refractivity contribution in [1.29, 1.82) is 0 Å². The fourth-order valence-corrected chi connectivity index (χ4v) is 1.99. The lowest BCUT2D eigenvalue weighted by Crippen LogP contribution is -2.15. The minimum Gasteiger partial charge on any atom is -0.409 e. The van der Waals surface area contributed by atoms with Crippen LogP contribution in [-0.4, -0.2) is 23.1 Å². The highest BCUT2D eigenvalue weighted by molar-refractivity contribution is 9.10. The van der Waals surface area contributed by atoms with Crippen molar-refractivity contribution in [2.45, 2.75) is 0 Å². The molecule has 1 aromatic heterocycles. The number of hydrogen-bond acceptors (Lipinski definition) is 4. The van der Waals surface area contributed by atoms with Gasteiger partial charge in [0.2, 0.25) is 0 Å². The van der Waals surface area contributed by atoms with Crippen molar-refractivity contribution in [1.82, 2.24) is 4.98 Å². The van der Waals surface area contributed by atoms with E-state index >= 15 is 0 Å². The minimum absolute atomic E-state index is 0.0205. The van der Waals surface area contributed by atoms with Gasteiger partial charge in [-0.05, 0) is 46.3 Å². The van der Waals surface area contributed by atoms with Crippen molar-refractivity contribution in [3.8, 4) is 0 Å². The molecule has 0 aliphatic heterocycles. The Bertz CT molecular complexity index is 645. The fourth-order valence-electron chi connectivity index (χ4n) is 1.69. The van der Waals surface area contributed by atoms with E-state index in [1.165, 1.54) is 12.3 Å². The number of nitrogens with two attached hydrogens (primary N) is 1. The van der Waals surface area contributed by atoms with Crippen molar-refractivity contribution in [2.75, 3.05) is 11.9 Å². The van der Waals surface area contributed by atoms with Gasteiger partial charge in [-0.2, -0.15) is 0 Å². The number of anilines is 2. The lowest BCUT2D eigenvalue weighted by molar-refractivity contribution is 0.318. The molecule has 0 saturated heterocycles. The Morgan fingerprint density at radius 1 is 1.40 bits per heavy atom. The summed E-state index contributed by atoms with van der Waals surface area (Å²) in [6, 6.07) is 8.17. The van der Waals surface area contributed by atoms with Crippen LogP contribution < -0.4 is 10.6 Å². The van der Waals surface area contributed by atoms with Crippen LogP contribution in [0.5, 0.6) is 0 Å². The third kappa shape index (κ3) is 2.88. The maximum atomic E-state index is 13.8. The van der Waals surface area contributed by atoms with Gasteiger partial charge in [-0.3, -0.25) is 0 Å². The first-order valence-electron chi connectivity index (χ1n) is 5.65. The van der Waals surface area contributed by atoms with E-state index in [2.05, 4.69) is 26.1 Å². The zero-order chi connectivity index (χ0) is 14.7. The molecule has 2 rings (SSSR count). The SMILES string of the molecule is CN(c1ccc(/C(N)=N/O)cc1)c1ncc(Br)cc1F. The smallest absolute Gasteiger partial charge is 0.170 e. The zero-order valence-electron chi connectivity index (χ0n) is 10.6. The molecule has 3 N–H and O–H groups in total. The summed E-state index contributed by atoms with van der Waals surface area (Å²) in [6.45, 7) is 0. The Labute approximate surface area is 123 Å². The highest BCUT2D eigenvalue weighted by atomic mass is 79.9. The molecule has 0 aliphatic rings. The van der Waals surface area contributed by atoms with Crippen molar-refractivity contribution in [2.24, 2.45) is 10.9 Å². The van der Waals surface area contributed by atoms with Gasteiger partial charge in [0.15, 0.2) is 17.5 Å². The molecule has 0 saturated carbocycles. The molecule has 7 heteroatoms. The summed E-state index contributed by atoms with van der Waals surface area (Å²) in [5.41, 5.74) is 6.79. The first-order chi connectivity index (χ1) is 9.52. The molecule has 1 heterocycles. The maximum absolute atomic E-state index is 13.8. The topological polar surface area (TPSA) is 74.7 Å². The van der Waals surface area contributed by atoms with Gasteiger partial charge in [-0.1, -0.05) is 5.16 Å². The number of amidine groups is 1. The third-order valence-corrected chi connectivity index (χ3v) is 3.20. The second kappa shape index (κ2) is 5.87. The van der Waals surface area contributed by atoms with Gasteiger partial charge in [0.05, 0.1) is 0 Å². The monoisotopic (exact) mass is 338 g/mol. The van der Waals surface area contributed by atoms with E-state index in [1.54, 1.807) is 36.2 Å². The molecular weight excluding hydrogens is 327 g/mol. The van der Waals surface area contributed by atoms with E-state index in [-0.39, 0.29) is 11.7 Å². The standard InChI is InChI=1S/C13H12BrFN4O/c1-19(13-11(15)6-9(14)7-17-13)10-4-2-8(3-5-10)12(16)18-20/h2-7,20H,1H3,(H2,16,18). The van der Waals surface area contributed by atoms with Gasteiger partial charge in [0.25, 0.3) is 0 Å². The number of rotatable bonds is 3. The van der Waals surface area contributed by atoms with E-state index in [0.717, 1.165) is 5.69 Å². The van der Waals surface area contributed by atoms with E-state index in [0.29, 0.717) is 10.0 Å². The Kier molecular flexibility index (Phi) is 4.19. The van der Waals surface area contributed by atoms with Crippen LogP contribution in [0.2, 0.25) is 0 Å². The average Bonchev–Trinajstić information content (AvgIpc) is 2.46. The summed E-state index contributed by atoms with van der Waals surface area (Å²) in [6.07, 6.45) is 1.53. The van der Waals surface area contributed by atoms with Crippen LogP contribution in [0, 0.1) is 5.82 Å². The Morgan fingerprint density at radius 2 is 2.05 bits per heavy atom. The number of aromatic nitrogens is 1. The number of oxime groups is 1. The maximum Gasteiger partial charge on any atom is 0.170 e. The van der Waals surface area contributed by atoms with Crippen LogP contribution in [0.25, 0.3) is 0 Å². The van der Waals surface area contributed by atoms with Gasteiger partial charge < -0.3 is 15.8 Å². The first-order valence-corrected chi connectivity index (χ1v) is 6.45. The van der Waals surface area contributed by atoms with Gasteiger partial charge in [-0.25, -0.2) is 9.37 Å². The summed E-state index contributed by atoms with van der Waals surface area (Å²) in [5, 5.41) is 11.5. The second-order valence-electron chi connectivity index (χ2n) is 4.05. The van der Waals surface area contributed by atoms with Crippen LogP contribution in [0.15, 0.2) is 46.2 Å². The average molecular weight is 339 g/mol. The molecule has 0 amide bonds. The highest BCUT2D eigenvalue weighted by Gasteiger charge is 2.12. The summed E-state index contributed by atoms with van der Waals surface area (Å²) < 4.78 is 14.4. The molecular formula is C13H12BrFN4O. The van der Waals surface area contributed by atoms with E-state index in [9.17, 15) is 4.39 Å². The molecule has 0 radical (unpaired) electrons. The Morgan fingerprint density at radius 3 is 2.60 bits per heavy atom. The first kappa shape index (κ1) is 14.3.